The van der Waals surface area contributed by atoms with E-state index in [9.17, 15) is 4.79 Å². The van der Waals surface area contributed by atoms with Crippen LogP contribution in [0.25, 0.3) is 11.0 Å². The molecule has 1 spiro atoms. The van der Waals surface area contributed by atoms with Crippen molar-refractivity contribution < 1.29 is 4.79 Å². The molecule has 1 aliphatic carbocycles. The summed E-state index contributed by atoms with van der Waals surface area (Å²) < 4.78 is 2.18. The van der Waals surface area contributed by atoms with Crippen LogP contribution in [-0.2, 0) is 5.54 Å². The van der Waals surface area contributed by atoms with Crippen molar-refractivity contribution in [1.29, 1.82) is 0 Å². The van der Waals surface area contributed by atoms with Crippen molar-refractivity contribution in [2.45, 2.75) is 77.8 Å². The second-order valence-corrected chi connectivity index (χ2v) is 13.5. The van der Waals surface area contributed by atoms with Crippen molar-refractivity contribution in [3.05, 3.63) is 36.3 Å². The Morgan fingerprint density at radius 2 is 1.87 bits per heavy atom. The lowest BCUT2D eigenvalue weighted by Crippen LogP contribution is -2.59. The molecule has 0 aromatic carbocycles. The fourth-order valence-corrected chi connectivity index (χ4v) is 6.60. The van der Waals surface area contributed by atoms with Gasteiger partial charge in [-0.2, -0.15) is 4.98 Å². The highest BCUT2D eigenvalue weighted by molar-refractivity contribution is 5.99. The predicted molar refractivity (Wildman–Crippen MR) is 156 cm³/mol. The maximum atomic E-state index is 12.7. The van der Waals surface area contributed by atoms with E-state index in [4.69, 9.17) is 9.97 Å². The quantitative estimate of drug-likeness (QED) is 0.484. The molecule has 2 aliphatic heterocycles. The third-order valence-corrected chi connectivity index (χ3v) is 8.92. The molecule has 3 aromatic heterocycles. The second kappa shape index (κ2) is 9.47. The molecule has 6 rings (SSSR count). The zero-order chi connectivity index (χ0) is 27.4. The average molecular weight is 531 g/mol. The Labute approximate surface area is 231 Å². The molecule has 9 heteroatoms. The summed E-state index contributed by atoms with van der Waals surface area (Å²) in [6, 6.07) is 6.05. The monoisotopic (exact) mass is 530 g/mol. The number of piperazine rings is 1. The molecular weight excluding hydrogens is 488 g/mol. The number of fused-ring (bicyclic) bond motifs is 4. The van der Waals surface area contributed by atoms with Crippen molar-refractivity contribution in [1.82, 2.24) is 29.7 Å². The van der Waals surface area contributed by atoms with Gasteiger partial charge in [0, 0.05) is 43.3 Å². The fraction of sp³-hybridized carbons (Fsp3) is 0.600. The van der Waals surface area contributed by atoms with Gasteiger partial charge in [0.2, 0.25) is 5.95 Å². The highest BCUT2D eigenvalue weighted by atomic mass is 16.2. The van der Waals surface area contributed by atoms with Gasteiger partial charge in [0.15, 0.2) is 0 Å². The van der Waals surface area contributed by atoms with E-state index in [0.29, 0.717) is 29.4 Å². The van der Waals surface area contributed by atoms with Crippen LogP contribution < -0.4 is 15.5 Å². The largest absolute Gasteiger partial charge is 0.367 e. The molecule has 39 heavy (non-hydrogen) atoms. The number of aromatic nitrogens is 4. The SMILES string of the molecule is CC(C)(C)CCN1CCN(c2ccc(Nc3ncc4cc5n(c4n3)C3(CCCC3)CNC5=O)nc2)CC1(C)C. The smallest absolute Gasteiger partial charge is 0.268 e. The standard InChI is InChI=1S/C30H42N8O/c1-28(2,3)12-13-37-15-14-36(20-29(37,4)5)22-8-9-24(31-18-22)34-27-32-17-21-16-23-26(39)33-19-30(10-6-7-11-30)38(23)25(21)35-27/h8-9,16-18H,6-7,10-15,19-20H2,1-5H3,(H,33,39)(H,31,32,34,35). The molecule has 0 atom stereocenters. The topological polar surface area (TPSA) is 91.2 Å². The van der Waals surface area contributed by atoms with Crippen LogP contribution in [0.1, 0.15) is 77.2 Å². The molecule has 2 fully saturated rings. The number of anilines is 3. The van der Waals surface area contributed by atoms with E-state index >= 15 is 0 Å². The summed E-state index contributed by atoms with van der Waals surface area (Å²) in [5, 5.41) is 7.29. The van der Waals surface area contributed by atoms with Crippen molar-refractivity contribution in [2.24, 2.45) is 5.41 Å². The van der Waals surface area contributed by atoms with Crippen LogP contribution in [0.5, 0.6) is 0 Å². The summed E-state index contributed by atoms with van der Waals surface area (Å²) in [7, 11) is 0. The van der Waals surface area contributed by atoms with Crippen molar-refractivity contribution >= 4 is 34.4 Å². The maximum absolute atomic E-state index is 12.7. The lowest BCUT2D eigenvalue weighted by Gasteiger charge is -2.48. The number of hydrogen-bond donors (Lipinski definition) is 2. The Balaban J connectivity index is 1.17. The highest BCUT2D eigenvalue weighted by Gasteiger charge is 2.43. The number of nitrogens with zero attached hydrogens (tertiary/aromatic N) is 6. The van der Waals surface area contributed by atoms with Crippen molar-refractivity contribution in [3.8, 4) is 0 Å². The van der Waals surface area contributed by atoms with E-state index in [0.717, 1.165) is 55.7 Å². The van der Waals surface area contributed by atoms with Crippen LogP contribution in [-0.4, -0.2) is 68.6 Å². The van der Waals surface area contributed by atoms with Gasteiger partial charge in [-0.3, -0.25) is 9.69 Å². The molecule has 208 valence electrons. The van der Waals surface area contributed by atoms with Crippen LogP contribution in [0.4, 0.5) is 17.5 Å². The minimum atomic E-state index is -0.0823. The maximum Gasteiger partial charge on any atom is 0.268 e. The van der Waals surface area contributed by atoms with Gasteiger partial charge in [-0.1, -0.05) is 33.6 Å². The Bertz CT molecular complexity index is 1360. The molecular formula is C30H42N8O. The Kier molecular flexibility index (Phi) is 6.32. The number of nitrogens with one attached hydrogen (secondary N) is 2. The van der Waals surface area contributed by atoms with E-state index in [1.807, 2.05) is 24.5 Å². The molecule has 0 unspecified atom stereocenters. The zero-order valence-electron chi connectivity index (χ0n) is 24.0. The summed E-state index contributed by atoms with van der Waals surface area (Å²) in [5.41, 5.74) is 3.02. The molecule has 9 nitrogen and oxygen atoms in total. The van der Waals surface area contributed by atoms with Gasteiger partial charge in [-0.15, -0.1) is 0 Å². The molecule has 2 N–H and O–H groups in total. The van der Waals surface area contributed by atoms with Gasteiger partial charge >= 0.3 is 0 Å². The molecule has 1 saturated carbocycles. The highest BCUT2D eigenvalue weighted by Crippen LogP contribution is 2.41. The van der Waals surface area contributed by atoms with Crippen LogP contribution >= 0.6 is 0 Å². The summed E-state index contributed by atoms with van der Waals surface area (Å²) in [6.45, 7) is 16.5. The van der Waals surface area contributed by atoms with Gasteiger partial charge < -0.3 is 20.1 Å². The molecule has 1 amide bonds. The number of carbonyl (C=O) groups excluding carboxylic acids is 1. The van der Waals surface area contributed by atoms with Crippen LogP contribution in [0.2, 0.25) is 0 Å². The minimum absolute atomic E-state index is 0.0319. The average Bonchev–Trinajstić information content (AvgIpc) is 3.51. The minimum Gasteiger partial charge on any atom is -0.367 e. The molecule has 1 saturated heterocycles. The van der Waals surface area contributed by atoms with E-state index in [1.165, 1.54) is 19.3 Å². The van der Waals surface area contributed by atoms with E-state index in [-0.39, 0.29) is 17.0 Å². The van der Waals surface area contributed by atoms with Gasteiger partial charge in [0.1, 0.15) is 17.2 Å². The summed E-state index contributed by atoms with van der Waals surface area (Å²) in [5.74, 6) is 1.17. The molecule has 0 bridgehead atoms. The fourth-order valence-electron chi connectivity index (χ4n) is 6.60. The Hall–Kier alpha value is -3.20. The first-order chi connectivity index (χ1) is 18.5. The zero-order valence-corrected chi connectivity index (χ0v) is 24.0. The number of amides is 1. The first-order valence-corrected chi connectivity index (χ1v) is 14.4. The molecule has 5 heterocycles. The van der Waals surface area contributed by atoms with Gasteiger partial charge in [-0.05, 0) is 63.3 Å². The first kappa shape index (κ1) is 26.0. The van der Waals surface area contributed by atoms with E-state index in [2.05, 4.69) is 70.7 Å². The third kappa shape index (κ3) is 4.97. The van der Waals surface area contributed by atoms with Crippen molar-refractivity contribution in [2.75, 3.05) is 42.9 Å². The Morgan fingerprint density at radius 1 is 1.08 bits per heavy atom. The molecule has 3 aromatic rings. The second-order valence-electron chi connectivity index (χ2n) is 13.5. The number of pyridine rings is 1. The molecule has 3 aliphatic rings. The summed E-state index contributed by atoms with van der Waals surface area (Å²) in [6.07, 6.45) is 9.41. The third-order valence-electron chi connectivity index (χ3n) is 8.92. The van der Waals surface area contributed by atoms with Gasteiger partial charge in [0.05, 0.1) is 17.4 Å². The first-order valence-electron chi connectivity index (χ1n) is 14.4. The van der Waals surface area contributed by atoms with Crippen molar-refractivity contribution in [3.63, 3.8) is 0 Å². The Morgan fingerprint density at radius 3 is 2.56 bits per heavy atom. The lowest BCUT2D eigenvalue weighted by molar-refractivity contribution is 0.0875. The lowest BCUT2D eigenvalue weighted by atomic mass is 9.90. The molecule has 0 radical (unpaired) electrons. The van der Waals surface area contributed by atoms with E-state index in [1.54, 1.807) is 0 Å². The normalized spacial score (nSPS) is 20.8. The van der Waals surface area contributed by atoms with Crippen LogP contribution in [0, 0.1) is 5.41 Å². The number of rotatable bonds is 5. The summed E-state index contributed by atoms with van der Waals surface area (Å²) in [4.78, 5) is 31.8. The van der Waals surface area contributed by atoms with Gasteiger partial charge in [0.25, 0.3) is 5.91 Å². The van der Waals surface area contributed by atoms with Crippen LogP contribution in [0.15, 0.2) is 30.6 Å². The summed E-state index contributed by atoms with van der Waals surface area (Å²) >= 11 is 0. The van der Waals surface area contributed by atoms with Gasteiger partial charge in [-0.25, -0.2) is 9.97 Å². The van der Waals surface area contributed by atoms with Crippen LogP contribution in [0.3, 0.4) is 0 Å². The van der Waals surface area contributed by atoms with E-state index < -0.39 is 0 Å². The number of carbonyl (C=O) groups is 1. The number of hydrogen-bond acceptors (Lipinski definition) is 7. The predicted octanol–water partition coefficient (Wildman–Crippen LogP) is 4.92.